The van der Waals surface area contributed by atoms with Crippen molar-refractivity contribution in [1.82, 2.24) is 0 Å². The SMILES string of the molecule is CCCCCCCCCCN=CCOC(C)(C)C(CCCCCCCC)C(C)(C)C. The van der Waals surface area contributed by atoms with Gasteiger partial charge in [-0.05, 0) is 38.0 Å². The minimum atomic E-state index is -0.105. The van der Waals surface area contributed by atoms with E-state index in [0.29, 0.717) is 12.5 Å². The molecule has 0 bridgehead atoms. The molecule has 0 aromatic carbocycles. The molecule has 0 saturated heterocycles. The van der Waals surface area contributed by atoms with Gasteiger partial charge in [0.15, 0.2) is 0 Å². The van der Waals surface area contributed by atoms with Gasteiger partial charge in [0.1, 0.15) is 0 Å². The molecule has 0 aliphatic heterocycles. The Hall–Kier alpha value is -0.370. The zero-order valence-corrected chi connectivity index (χ0v) is 22.0. The molecule has 0 rings (SSSR count). The van der Waals surface area contributed by atoms with E-state index >= 15 is 0 Å². The summed E-state index contributed by atoms with van der Waals surface area (Å²) in [4.78, 5) is 4.60. The Bertz CT molecular complexity index is 394. The number of rotatable bonds is 20. The second-order valence-electron chi connectivity index (χ2n) is 11.0. The van der Waals surface area contributed by atoms with E-state index < -0.39 is 0 Å². The molecular formula is C28H57NO. The maximum absolute atomic E-state index is 6.35. The van der Waals surface area contributed by atoms with Crippen LogP contribution in [0.1, 0.15) is 145 Å². The van der Waals surface area contributed by atoms with Crippen LogP contribution in [-0.4, -0.2) is 25.0 Å². The molecule has 0 aromatic rings. The van der Waals surface area contributed by atoms with Crippen LogP contribution in [0.25, 0.3) is 0 Å². The molecule has 2 heteroatoms. The number of hydrogen-bond acceptors (Lipinski definition) is 2. The maximum atomic E-state index is 6.35. The minimum absolute atomic E-state index is 0.105. The maximum Gasteiger partial charge on any atom is 0.0821 e. The number of aliphatic imine (C=N–C) groups is 1. The zero-order valence-electron chi connectivity index (χ0n) is 22.0. The van der Waals surface area contributed by atoms with Gasteiger partial charge in [-0.1, -0.05) is 118 Å². The molecule has 30 heavy (non-hydrogen) atoms. The Morgan fingerprint density at radius 2 is 1.13 bits per heavy atom. The third-order valence-electron chi connectivity index (χ3n) is 6.53. The van der Waals surface area contributed by atoms with Gasteiger partial charge >= 0.3 is 0 Å². The van der Waals surface area contributed by atoms with Crippen molar-refractivity contribution >= 4 is 6.21 Å². The number of nitrogens with zero attached hydrogens (tertiary/aromatic N) is 1. The number of unbranched alkanes of at least 4 members (excludes halogenated alkanes) is 12. The molecule has 1 atom stereocenters. The third kappa shape index (κ3) is 16.3. The highest BCUT2D eigenvalue weighted by Gasteiger charge is 2.38. The first-order chi connectivity index (χ1) is 14.3. The Morgan fingerprint density at radius 3 is 1.63 bits per heavy atom. The van der Waals surface area contributed by atoms with Crippen LogP contribution in [0, 0.1) is 11.3 Å². The van der Waals surface area contributed by atoms with Gasteiger partial charge in [0, 0.05) is 12.8 Å². The smallest absolute Gasteiger partial charge is 0.0821 e. The van der Waals surface area contributed by atoms with E-state index in [2.05, 4.69) is 53.5 Å². The van der Waals surface area contributed by atoms with Crippen molar-refractivity contribution in [3.05, 3.63) is 0 Å². The summed E-state index contributed by atoms with van der Waals surface area (Å²) in [5.74, 6) is 0.567. The first kappa shape index (κ1) is 29.6. The highest BCUT2D eigenvalue weighted by molar-refractivity contribution is 5.58. The molecule has 0 spiro atoms. The largest absolute Gasteiger partial charge is 0.370 e. The first-order valence-corrected chi connectivity index (χ1v) is 13.4. The Balaban J connectivity index is 4.08. The van der Waals surface area contributed by atoms with Gasteiger partial charge in [-0.2, -0.15) is 0 Å². The summed E-state index contributed by atoms with van der Waals surface area (Å²) in [7, 11) is 0. The molecule has 180 valence electrons. The molecule has 0 N–H and O–H groups in total. The van der Waals surface area contributed by atoms with E-state index in [1.165, 1.54) is 96.3 Å². The second kappa shape index (κ2) is 18.2. The van der Waals surface area contributed by atoms with Gasteiger partial charge in [-0.3, -0.25) is 4.99 Å². The van der Waals surface area contributed by atoms with Crippen LogP contribution in [0.5, 0.6) is 0 Å². The van der Waals surface area contributed by atoms with Crippen molar-refractivity contribution in [2.45, 2.75) is 150 Å². The summed E-state index contributed by atoms with van der Waals surface area (Å²) in [6, 6.07) is 0. The monoisotopic (exact) mass is 423 g/mol. The van der Waals surface area contributed by atoms with Gasteiger partial charge in [0.05, 0.1) is 12.2 Å². The lowest BCUT2D eigenvalue weighted by Crippen LogP contribution is -2.42. The molecule has 0 fully saturated rings. The van der Waals surface area contributed by atoms with E-state index in [1.54, 1.807) is 0 Å². The molecule has 0 heterocycles. The molecular weight excluding hydrogens is 366 g/mol. The van der Waals surface area contributed by atoms with Crippen LogP contribution >= 0.6 is 0 Å². The van der Waals surface area contributed by atoms with Crippen molar-refractivity contribution in [2.24, 2.45) is 16.3 Å². The Morgan fingerprint density at radius 1 is 0.667 bits per heavy atom. The lowest BCUT2D eigenvalue weighted by Gasteiger charge is -2.42. The molecule has 0 saturated carbocycles. The standard InChI is InChI=1S/C28H57NO/c1-8-10-12-14-16-17-19-21-23-29-24-25-30-28(6,7)26(27(3,4)5)22-20-18-15-13-11-9-2/h24,26H,8-23,25H2,1-7H3. The lowest BCUT2D eigenvalue weighted by atomic mass is 9.69. The highest BCUT2D eigenvalue weighted by atomic mass is 16.5. The molecule has 0 aromatic heterocycles. The van der Waals surface area contributed by atoms with Crippen LogP contribution < -0.4 is 0 Å². The van der Waals surface area contributed by atoms with Gasteiger partial charge < -0.3 is 4.74 Å². The quantitative estimate of drug-likeness (QED) is 0.141. The number of ether oxygens (including phenoxy) is 1. The predicted molar refractivity (Wildman–Crippen MR) is 137 cm³/mol. The Labute approximate surface area is 191 Å². The van der Waals surface area contributed by atoms with Crippen molar-refractivity contribution in [1.29, 1.82) is 0 Å². The van der Waals surface area contributed by atoms with Crippen molar-refractivity contribution < 1.29 is 4.74 Å². The first-order valence-electron chi connectivity index (χ1n) is 13.4. The fourth-order valence-corrected chi connectivity index (χ4v) is 4.79. The van der Waals surface area contributed by atoms with Gasteiger partial charge in [-0.15, -0.1) is 0 Å². The molecule has 0 radical (unpaired) electrons. The highest BCUT2D eigenvalue weighted by Crippen LogP contribution is 2.40. The summed E-state index contributed by atoms with van der Waals surface area (Å²) in [5.41, 5.74) is 0.160. The lowest BCUT2D eigenvalue weighted by molar-refractivity contribution is -0.0804. The Kier molecular flexibility index (Phi) is 18.0. The average molecular weight is 424 g/mol. The van der Waals surface area contributed by atoms with Crippen molar-refractivity contribution in [3.8, 4) is 0 Å². The van der Waals surface area contributed by atoms with Crippen LogP contribution in [0.4, 0.5) is 0 Å². The molecule has 0 aliphatic carbocycles. The molecule has 0 aliphatic rings. The topological polar surface area (TPSA) is 21.6 Å². The summed E-state index contributed by atoms with van der Waals surface area (Å²) in [6.07, 6.45) is 22.3. The van der Waals surface area contributed by atoms with E-state index in [1.807, 2.05) is 6.21 Å². The summed E-state index contributed by atoms with van der Waals surface area (Å²) < 4.78 is 6.35. The summed E-state index contributed by atoms with van der Waals surface area (Å²) >= 11 is 0. The molecule has 1 unspecified atom stereocenters. The fraction of sp³-hybridized carbons (Fsp3) is 0.964. The second-order valence-corrected chi connectivity index (χ2v) is 11.0. The minimum Gasteiger partial charge on any atom is -0.370 e. The van der Waals surface area contributed by atoms with Crippen LogP contribution in [0.15, 0.2) is 4.99 Å². The normalized spacial score (nSPS) is 14.0. The molecule has 0 amide bonds. The van der Waals surface area contributed by atoms with Gasteiger partial charge in [0.25, 0.3) is 0 Å². The van der Waals surface area contributed by atoms with Crippen LogP contribution in [0.3, 0.4) is 0 Å². The zero-order chi connectivity index (χ0) is 22.7. The van der Waals surface area contributed by atoms with Crippen molar-refractivity contribution in [3.63, 3.8) is 0 Å². The van der Waals surface area contributed by atoms with E-state index in [9.17, 15) is 0 Å². The van der Waals surface area contributed by atoms with Gasteiger partial charge in [-0.25, -0.2) is 0 Å². The third-order valence-corrected chi connectivity index (χ3v) is 6.53. The van der Waals surface area contributed by atoms with Crippen LogP contribution in [0.2, 0.25) is 0 Å². The van der Waals surface area contributed by atoms with E-state index in [0.717, 1.165) is 6.54 Å². The average Bonchev–Trinajstić information content (AvgIpc) is 2.67. The molecule has 2 nitrogen and oxygen atoms in total. The fourth-order valence-electron chi connectivity index (χ4n) is 4.79. The predicted octanol–water partition coefficient (Wildman–Crippen LogP) is 9.41. The number of hydrogen-bond donors (Lipinski definition) is 0. The van der Waals surface area contributed by atoms with E-state index in [-0.39, 0.29) is 11.0 Å². The van der Waals surface area contributed by atoms with Gasteiger partial charge in [0.2, 0.25) is 0 Å². The van der Waals surface area contributed by atoms with E-state index in [4.69, 9.17) is 4.74 Å². The summed E-state index contributed by atoms with van der Waals surface area (Å²) in [6.45, 7) is 17.9. The van der Waals surface area contributed by atoms with Crippen LogP contribution in [-0.2, 0) is 4.74 Å². The van der Waals surface area contributed by atoms with Crippen molar-refractivity contribution in [2.75, 3.05) is 13.2 Å². The summed E-state index contributed by atoms with van der Waals surface area (Å²) in [5, 5.41) is 0.